The fourth-order valence-electron chi connectivity index (χ4n) is 2.92. The first kappa shape index (κ1) is 12.4. The molecule has 0 amide bonds. The van der Waals surface area contributed by atoms with E-state index in [0.29, 0.717) is 5.92 Å². The molecule has 0 fully saturated rings. The summed E-state index contributed by atoms with van der Waals surface area (Å²) in [6.07, 6.45) is 0. The normalized spacial score (nSPS) is 14.7. The summed E-state index contributed by atoms with van der Waals surface area (Å²) in [7, 11) is 0. The number of nitrogens with one attached hydrogen (secondary N) is 1. The lowest BCUT2D eigenvalue weighted by atomic mass is 9.94. The predicted molar refractivity (Wildman–Crippen MR) is 78.2 cm³/mol. The van der Waals surface area contributed by atoms with Crippen LogP contribution in [0.2, 0.25) is 0 Å². The molecule has 1 aromatic heterocycles. The molecule has 100 valence electrons. The molecule has 3 rings (SSSR count). The van der Waals surface area contributed by atoms with Crippen LogP contribution in [0.5, 0.6) is 0 Å². The van der Waals surface area contributed by atoms with Crippen LogP contribution in [0.1, 0.15) is 36.8 Å². The second-order valence-electron chi connectivity index (χ2n) is 5.52. The zero-order valence-corrected chi connectivity index (χ0v) is 11.9. The smallest absolute Gasteiger partial charge is 0.106 e. The summed E-state index contributed by atoms with van der Waals surface area (Å²) in [4.78, 5) is 4.83. The Bertz CT molecular complexity index is 596. The Balaban J connectivity index is 2.18. The molecule has 1 N–H and O–H groups in total. The molecule has 2 heterocycles. The Labute approximate surface area is 114 Å². The lowest BCUT2D eigenvalue weighted by Crippen LogP contribution is -2.28. The molecule has 2 aromatic rings. The second-order valence-corrected chi connectivity index (χ2v) is 5.52. The zero-order chi connectivity index (χ0) is 13.4. The summed E-state index contributed by atoms with van der Waals surface area (Å²) in [6, 6.07) is 8.65. The molecule has 0 aliphatic carbocycles. The molecule has 0 saturated carbocycles. The first-order valence-corrected chi connectivity index (χ1v) is 7.04. The van der Waals surface area contributed by atoms with E-state index < -0.39 is 0 Å². The molecule has 1 aliphatic heterocycles. The fraction of sp³-hybridized carbons (Fsp3) is 0.438. The number of imidazole rings is 1. The van der Waals surface area contributed by atoms with Gasteiger partial charge in [0.05, 0.1) is 11.4 Å². The Morgan fingerprint density at radius 3 is 2.84 bits per heavy atom. The summed E-state index contributed by atoms with van der Waals surface area (Å²) in [5.41, 5.74) is 5.16. The van der Waals surface area contributed by atoms with Crippen LogP contribution >= 0.6 is 0 Å². The first-order chi connectivity index (χ1) is 9.18. The summed E-state index contributed by atoms with van der Waals surface area (Å²) in [5.74, 6) is 1.65. The van der Waals surface area contributed by atoms with Crippen molar-refractivity contribution in [1.82, 2.24) is 14.9 Å². The van der Waals surface area contributed by atoms with E-state index >= 15 is 0 Å². The fourth-order valence-corrected chi connectivity index (χ4v) is 2.92. The van der Waals surface area contributed by atoms with Crippen molar-refractivity contribution in [2.75, 3.05) is 6.54 Å². The monoisotopic (exact) mass is 255 g/mol. The van der Waals surface area contributed by atoms with E-state index in [0.717, 1.165) is 31.2 Å². The van der Waals surface area contributed by atoms with Gasteiger partial charge in [-0.3, -0.25) is 0 Å². The van der Waals surface area contributed by atoms with E-state index in [-0.39, 0.29) is 0 Å². The van der Waals surface area contributed by atoms with E-state index in [1.165, 1.54) is 16.8 Å². The molecule has 0 bridgehead atoms. The van der Waals surface area contributed by atoms with Crippen molar-refractivity contribution < 1.29 is 0 Å². The summed E-state index contributed by atoms with van der Waals surface area (Å²) >= 11 is 0. The molecule has 0 atom stereocenters. The third kappa shape index (κ3) is 2.08. The number of hydrogen-bond donors (Lipinski definition) is 1. The van der Waals surface area contributed by atoms with E-state index in [4.69, 9.17) is 4.98 Å². The minimum Gasteiger partial charge on any atom is -0.329 e. The van der Waals surface area contributed by atoms with Crippen molar-refractivity contribution in [3.8, 4) is 11.3 Å². The topological polar surface area (TPSA) is 29.9 Å². The molecular weight excluding hydrogens is 234 g/mol. The van der Waals surface area contributed by atoms with E-state index in [1.807, 2.05) is 0 Å². The molecule has 3 heteroatoms. The summed E-state index contributed by atoms with van der Waals surface area (Å²) in [5, 5.41) is 3.45. The number of hydrogen-bond acceptors (Lipinski definition) is 2. The lowest BCUT2D eigenvalue weighted by Gasteiger charge is -2.19. The van der Waals surface area contributed by atoms with Crippen LogP contribution in [0.25, 0.3) is 11.3 Å². The maximum atomic E-state index is 4.83. The van der Waals surface area contributed by atoms with Crippen molar-refractivity contribution in [3.05, 3.63) is 41.3 Å². The van der Waals surface area contributed by atoms with Crippen molar-refractivity contribution in [1.29, 1.82) is 0 Å². The summed E-state index contributed by atoms with van der Waals surface area (Å²) in [6.45, 7) is 9.57. The number of benzene rings is 1. The van der Waals surface area contributed by atoms with Crippen LogP contribution in [0.4, 0.5) is 0 Å². The van der Waals surface area contributed by atoms with Crippen LogP contribution in [0, 0.1) is 6.92 Å². The third-order valence-electron chi connectivity index (χ3n) is 3.91. The Hall–Kier alpha value is -1.61. The van der Waals surface area contributed by atoms with Crippen molar-refractivity contribution >= 4 is 0 Å². The van der Waals surface area contributed by atoms with E-state index in [2.05, 4.69) is 54.9 Å². The largest absolute Gasteiger partial charge is 0.329 e. The van der Waals surface area contributed by atoms with Crippen LogP contribution in [-0.4, -0.2) is 16.1 Å². The summed E-state index contributed by atoms with van der Waals surface area (Å²) < 4.78 is 2.35. The van der Waals surface area contributed by atoms with Gasteiger partial charge in [0.2, 0.25) is 0 Å². The molecule has 0 radical (unpaired) electrons. The van der Waals surface area contributed by atoms with Crippen LogP contribution in [0.15, 0.2) is 24.3 Å². The molecule has 0 spiro atoms. The highest BCUT2D eigenvalue weighted by molar-refractivity contribution is 5.67. The van der Waals surface area contributed by atoms with Gasteiger partial charge < -0.3 is 9.88 Å². The van der Waals surface area contributed by atoms with Gasteiger partial charge in [0.25, 0.3) is 0 Å². The number of nitrogens with zero attached hydrogens (tertiary/aromatic N) is 2. The molecule has 0 saturated heterocycles. The van der Waals surface area contributed by atoms with Gasteiger partial charge in [-0.25, -0.2) is 4.98 Å². The molecule has 1 aromatic carbocycles. The Kier molecular flexibility index (Phi) is 3.15. The molecule has 1 aliphatic rings. The Morgan fingerprint density at radius 2 is 2.05 bits per heavy atom. The van der Waals surface area contributed by atoms with Gasteiger partial charge in [-0.15, -0.1) is 0 Å². The molecular formula is C16H21N3. The predicted octanol–water partition coefficient (Wildman–Crippen LogP) is 3.09. The minimum atomic E-state index is 0.519. The van der Waals surface area contributed by atoms with Crippen LogP contribution in [-0.2, 0) is 13.1 Å². The number of rotatable bonds is 2. The van der Waals surface area contributed by atoms with Crippen LogP contribution in [0.3, 0.4) is 0 Å². The average molecular weight is 255 g/mol. The van der Waals surface area contributed by atoms with Gasteiger partial charge in [-0.2, -0.15) is 0 Å². The maximum Gasteiger partial charge on any atom is 0.106 e. The van der Waals surface area contributed by atoms with Gasteiger partial charge in [-0.05, 0) is 18.4 Å². The second kappa shape index (κ2) is 4.82. The third-order valence-corrected chi connectivity index (χ3v) is 3.91. The number of aryl methyl sites for hydroxylation is 1. The standard InChI is InChI=1S/C16H21N3/c1-11(2)13-6-4-5-7-14(13)16-15-10-17-8-9-19(15)12(3)18-16/h4-7,11,17H,8-10H2,1-3H3. The molecule has 3 nitrogen and oxygen atoms in total. The molecule has 0 unspecified atom stereocenters. The van der Waals surface area contributed by atoms with Crippen molar-refractivity contribution in [2.24, 2.45) is 0 Å². The van der Waals surface area contributed by atoms with Crippen LogP contribution < -0.4 is 5.32 Å². The molecule has 19 heavy (non-hydrogen) atoms. The zero-order valence-electron chi connectivity index (χ0n) is 11.9. The number of aromatic nitrogens is 2. The maximum absolute atomic E-state index is 4.83. The average Bonchev–Trinajstić information content (AvgIpc) is 2.77. The van der Waals surface area contributed by atoms with Gasteiger partial charge in [-0.1, -0.05) is 38.1 Å². The highest BCUT2D eigenvalue weighted by atomic mass is 15.1. The van der Waals surface area contributed by atoms with Crippen molar-refractivity contribution in [2.45, 2.75) is 39.8 Å². The highest BCUT2D eigenvalue weighted by Crippen LogP contribution is 2.31. The van der Waals surface area contributed by atoms with Gasteiger partial charge in [0.1, 0.15) is 5.82 Å². The van der Waals surface area contributed by atoms with Crippen molar-refractivity contribution in [3.63, 3.8) is 0 Å². The number of fused-ring (bicyclic) bond motifs is 1. The minimum absolute atomic E-state index is 0.519. The van der Waals surface area contributed by atoms with Gasteiger partial charge >= 0.3 is 0 Å². The first-order valence-electron chi connectivity index (χ1n) is 7.04. The van der Waals surface area contributed by atoms with E-state index in [1.54, 1.807) is 0 Å². The lowest BCUT2D eigenvalue weighted by molar-refractivity contribution is 0.508. The Morgan fingerprint density at radius 1 is 1.26 bits per heavy atom. The quantitative estimate of drug-likeness (QED) is 0.893. The van der Waals surface area contributed by atoms with E-state index in [9.17, 15) is 0 Å². The van der Waals surface area contributed by atoms with Gasteiger partial charge in [0, 0.05) is 25.2 Å². The highest BCUT2D eigenvalue weighted by Gasteiger charge is 2.20. The van der Waals surface area contributed by atoms with Gasteiger partial charge in [0.15, 0.2) is 0 Å². The SMILES string of the molecule is Cc1nc(-c2ccccc2C(C)C)c2n1CCNC2.